The first-order chi connectivity index (χ1) is 10.3. The molecule has 0 bridgehead atoms. The zero-order chi connectivity index (χ0) is 14.7. The fourth-order valence-corrected chi connectivity index (χ4v) is 2.47. The Morgan fingerprint density at radius 2 is 1.43 bits per heavy atom. The number of benzene rings is 2. The molecule has 2 N–H and O–H groups in total. The third-order valence-corrected chi connectivity index (χ3v) is 3.60. The molecule has 3 rings (SSSR count). The van der Waals surface area contributed by atoms with E-state index in [1.807, 2.05) is 18.2 Å². The van der Waals surface area contributed by atoms with E-state index < -0.39 is 0 Å². The van der Waals surface area contributed by atoms with E-state index in [-0.39, 0.29) is 0 Å². The van der Waals surface area contributed by atoms with Gasteiger partial charge in [0.15, 0.2) is 0 Å². The van der Waals surface area contributed by atoms with Gasteiger partial charge in [-0.05, 0) is 17.5 Å². The van der Waals surface area contributed by atoms with E-state index in [0.29, 0.717) is 5.82 Å². The molecule has 0 saturated carbocycles. The average Bonchev–Trinajstić information content (AvgIpc) is 2.55. The lowest BCUT2D eigenvalue weighted by Gasteiger charge is -2.09. The maximum absolute atomic E-state index is 5.94. The Hall–Kier alpha value is -2.68. The molecule has 21 heavy (non-hydrogen) atoms. The fraction of sp³-hybridized carbons (Fsp3) is 0.111. The van der Waals surface area contributed by atoms with Crippen LogP contribution < -0.4 is 5.73 Å². The van der Waals surface area contributed by atoms with Crippen molar-refractivity contribution in [1.29, 1.82) is 0 Å². The van der Waals surface area contributed by atoms with Gasteiger partial charge in [-0.2, -0.15) is 0 Å². The van der Waals surface area contributed by atoms with Crippen LogP contribution in [-0.4, -0.2) is 9.97 Å². The van der Waals surface area contributed by atoms with Gasteiger partial charge in [0.1, 0.15) is 12.1 Å². The second kappa shape index (κ2) is 5.75. The Morgan fingerprint density at radius 1 is 0.810 bits per heavy atom. The molecule has 2 aromatic carbocycles. The molecular formula is C18H17N3. The average molecular weight is 275 g/mol. The standard InChI is InChI=1S/C18H17N3/c1-2-16-17(20-12-21-18(16)19)15-10-8-14(9-11-15)13-6-4-3-5-7-13/h3-12H,2H2,1H3,(H2,19,20,21). The molecule has 3 nitrogen and oxygen atoms in total. The Labute approximate surface area is 124 Å². The lowest BCUT2D eigenvalue weighted by atomic mass is 10.0. The first kappa shape index (κ1) is 13.3. The molecule has 0 unspecified atom stereocenters. The Balaban J connectivity index is 2.01. The lowest BCUT2D eigenvalue weighted by molar-refractivity contribution is 1.06. The minimum atomic E-state index is 0.564. The Morgan fingerprint density at radius 3 is 2.10 bits per heavy atom. The van der Waals surface area contributed by atoms with E-state index in [1.54, 1.807) is 0 Å². The Kier molecular flexibility index (Phi) is 3.65. The molecule has 0 spiro atoms. The van der Waals surface area contributed by atoms with Crippen molar-refractivity contribution in [2.45, 2.75) is 13.3 Å². The van der Waals surface area contributed by atoms with Gasteiger partial charge in [-0.3, -0.25) is 0 Å². The number of aromatic nitrogens is 2. The smallest absolute Gasteiger partial charge is 0.130 e. The number of nitrogens with two attached hydrogens (primary N) is 1. The normalized spacial score (nSPS) is 10.5. The maximum Gasteiger partial charge on any atom is 0.130 e. The molecule has 0 fully saturated rings. The summed E-state index contributed by atoms with van der Waals surface area (Å²) in [5.74, 6) is 0.564. The predicted molar refractivity (Wildman–Crippen MR) is 86.7 cm³/mol. The van der Waals surface area contributed by atoms with E-state index >= 15 is 0 Å². The first-order valence-corrected chi connectivity index (χ1v) is 7.04. The van der Waals surface area contributed by atoms with Crippen LogP contribution in [0.25, 0.3) is 22.4 Å². The maximum atomic E-state index is 5.94. The second-order valence-corrected chi connectivity index (χ2v) is 4.88. The highest BCUT2D eigenvalue weighted by atomic mass is 14.9. The van der Waals surface area contributed by atoms with Crippen molar-refractivity contribution in [3.63, 3.8) is 0 Å². The van der Waals surface area contributed by atoms with Crippen molar-refractivity contribution < 1.29 is 0 Å². The summed E-state index contributed by atoms with van der Waals surface area (Å²) in [6, 6.07) is 18.7. The number of hydrogen-bond acceptors (Lipinski definition) is 3. The molecule has 0 aliphatic rings. The van der Waals surface area contributed by atoms with Gasteiger partial charge in [-0.1, -0.05) is 61.5 Å². The number of rotatable bonds is 3. The minimum absolute atomic E-state index is 0.564. The molecule has 3 aromatic rings. The van der Waals surface area contributed by atoms with Crippen LogP contribution in [0.15, 0.2) is 60.9 Å². The molecule has 104 valence electrons. The fourth-order valence-electron chi connectivity index (χ4n) is 2.47. The second-order valence-electron chi connectivity index (χ2n) is 4.88. The van der Waals surface area contributed by atoms with Gasteiger partial charge < -0.3 is 5.73 Å². The molecule has 3 heteroatoms. The van der Waals surface area contributed by atoms with E-state index in [0.717, 1.165) is 23.2 Å². The van der Waals surface area contributed by atoms with Crippen LogP contribution in [0.1, 0.15) is 12.5 Å². The number of hydrogen-bond donors (Lipinski definition) is 1. The van der Waals surface area contributed by atoms with Crippen LogP contribution in [0.4, 0.5) is 5.82 Å². The molecule has 0 aliphatic heterocycles. The van der Waals surface area contributed by atoms with E-state index in [1.165, 1.54) is 17.5 Å². The van der Waals surface area contributed by atoms with Crippen LogP contribution in [0.5, 0.6) is 0 Å². The SMILES string of the molecule is CCc1c(N)ncnc1-c1ccc(-c2ccccc2)cc1. The molecule has 1 aromatic heterocycles. The molecule has 1 heterocycles. The summed E-state index contributed by atoms with van der Waals surface area (Å²) in [4.78, 5) is 8.46. The summed E-state index contributed by atoms with van der Waals surface area (Å²) in [7, 11) is 0. The van der Waals surface area contributed by atoms with Gasteiger partial charge in [-0.25, -0.2) is 9.97 Å². The molecule has 0 radical (unpaired) electrons. The van der Waals surface area contributed by atoms with Gasteiger partial charge in [0, 0.05) is 11.1 Å². The minimum Gasteiger partial charge on any atom is -0.383 e. The highest BCUT2D eigenvalue weighted by Crippen LogP contribution is 2.27. The van der Waals surface area contributed by atoms with Gasteiger partial charge in [-0.15, -0.1) is 0 Å². The van der Waals surface area contributed by atoms with E-state index in [4.69, 9.17) is 5.73 Å². The summed E-state index contributed by atoms with van der Waals surface area (Å²) in [6.45, 7) is 2.07. The van der Waals surface area contributed by atoms with Crippen molar-refractivity contribution in [3.05, 3.63) is 66.5 Å². The van der Waals surface area contributed by atoms with E-state index in [2.05, 4.69) is 53.3 Å². The van der Waals surface area contributed by atoms with Gasteiger partial charge in [0.2, 0.25) is 0 Å². The van der Waals surface area contributed by atoms with Crippen LogP contribution in [0.2, 0.25) is 0 Å². The highest BCUT2D eigenvalue weighted by molar-refractivity contribution is 5.71. The van der Waals surface area contributed by atoms with Crippen molar-refractivity contribution in [3.8, 4) is 22.4 Å². The summed E-state index contributed by atoms with van der Waals surface area (Å²) < 4.78 is 0. The molecule has 0 saturated heterocycles. The largest absolute Gasteiger partial charge is 0.383 e. The molecular weight excluding hydrogens is 258 g/mol. The van der Waals surface area contributed by atoms with Crippen molar-refractivity contribution in [1.82, 2.24) is 9.97 Å². The highest BCUT2D eigenvalue weighted by Gasteiger charge is 2.09. The van der Waals surface area contributed by atoms with Gasteiger partial charge in [0.05, 0.1) is 5.69 Å². The number of nitrogens with zero attached hydrogens (tertiary/aromatic N) is 2. The number of anilines is 1. The van der Waals surface area contributed by atoms with Gasteiger partial charge in [0.25, 0.3) is 0 Å². The molecule has 0 atom stereocenters. The molecule has 0 aliphatic carbocycles. The topological polar surface area (TPSA) is 51.8 Å². The third kappa shape index (κ3) is 2.63. The van der Waals surface area contributed by atoms with Crippen LogP contribution in [0.3, 0.4) is 0 Å². The van der Waals surface area contributed by atoms with Crippen molar-refractivity contribution in [2.24, 2.45) is 0 Å². The van der Waals surface area contributed by atoms with Crippen molar-refractivity contribution in [2.75, 3.05) is 5.73 Å². The predicted octanol–water partition coefficient (Wildman–Crippen LogP) is 3.96. The van der Waals surface area contributed by atoms with Crippen LogP contribution in [-0.2, 0) is 6.42 Å². The third-order valence-electron chi connectivity index (χ3n) is 3.60. The summed E-state index contributed by atoms with van der Waals surface area (Å²) >= 11 is 0. The van der Waals surface area contributed by atoms with Gasteiger partial charge >= 0.3 is 0 Å². The monoisotopic (exact) mass is 275 g/mol. The summed E-state index contributed by atoms with van der Waals surface area (Å²) in [6.07, 6.45) is 2.34. The van der Waals surface area contributed by atoms with Crippen LogP contribution >= 0.6 is 0 Å². The Bertz CT molecular complexity index is 734. The summed E-state index contributed by atoms with van der Waals surface area (Å²) in [5, 5.41) is 0. The summed E-state index contributed by atoms with van der Waals surface area (Å²) in [5.41, 5.74) is 11.3. The number of nitrogen functional groups attached to an aromatic ring is 1. The zero-order valence-electron chi connectivity index (χ0n) is 12.0. The lowest BCUT2D eigenvalue weighted by Crippen LogP contribution is -2.01. The van der Waals surface area contributed by atoms with Crippen molar-refractivity contribution >= 4 is 5.82 Å². The zero-order valence-corrected chi connectivity index (χ0v) is 12.0. The molecule has 0 amide bonds. The quantitative estimate of drug-likeness (QED) is 0.787. The van der Waals surface area contributed by atoms with Crippen LogP contribution in [0, 0.1) is 0 Å². The van der Waals surface area contributed by atoms with E-state index in [9.17, 15) is 0 Å². The first-order valence-electron chi connectivity index (χ1n) is 7.04.